The summed E-state index contributed by atoms with van der Waals surface area (Å²) >= 11 is 5.56. The summed E-state index contributed by atoms with van der Waals surface area (Å²) in [5, 5.41) is 12.3. The number of hydrogen-bond acceptors (Lipinski definition) is 5. The van der Waals surface area contributed by atoms with Crippen LogP contribution < -0.4 is 15.0 Å². The number of thiocarbonyl (C=S) groups is 1. The zero-order valence-electron chi connectivity index (χ0n) is 17.6. The molecule has 0 aliphatic carbocycles. The van der Waals surface area contributed by atoms with Gasteiger partial charge in [-0.3, -0.25) is 9.69 Å². The average molecular weight is 459 g/mol. The Bertz CT molecular complexity index is 1040. The minimum atomic E-state index is -0.938. The van der Waals surface area contributed by atoms with Crippen LogP contribution in [-0.2, 0) is 14.3 Å². The van der Waals surface area contributed by atoms with Crippen LogP contribution in [0.25, 0.3) is 0 Å². The van der Waals surface area contributed by atoms with E-state index in [1.807, 2.05) is 0 Å². The number of aliphatic carboxylic acids is 1. The Morgan fingerprint density at radius 2 is 1.81 bits per heavy atom. The van der Waals surface area contributed by atoms with Gasteiger partial charge >= 0.3 is 11.9 Å². The van der Waals surface area contributed by atoms with Crippen LogP contribution in [-0.4, -0.2) is 35.4 Å². The Kier molecular flexibility index (Phi) is 7.42. The minimum Gasteiger partial charge on any atom is -0.493 e. The van der Waals surface area contributed by atoms with Crippen LogP contribution in [0.15, 0.2) is 59.8 Å². The topological polar surface area (TPSA) is 88.1 Å². The molecule has 2 N–H and O–H groups in total. The Balaban J connectivity index is 1.94. The molecule has 1 aliphatic heterocycles. The molecule has 1 atom stereocenters. The predicted molar refractivity (Wildman–Crippen MR) is 121 cm³/mol. The molecule has 0 bridgehead atoms. The summed E-state index contributed by atoms with van der Waals surface area (Å²) in [6.07, 6.45) is -0.103. The molecule has 2 aromatic rings. The summed E-state index contributed by atoms with van der Waals surface area (Å²) in [4.78, 5) is 25.2. The summed E-state index contributed by atoms with van der Waals surface area (Å²) in [7, 11) is 0. The first-order valence-corrected chi connectivity index (χ1v) is 10.4. The van der Waals surface area contributed by atoms with Gasteiger partial charge < -0.3 is 19.9 Å². The van der Waals surface area contributed by atoms with Crippen molar-refractivity contribution >= 4 is 35.0 Å². The maximum absolute atomic E-state index is 13.4. The zero-order chi connectivity index (χ0) is 23.3. The molecular formula is C23H23FN2O5S. The van der Waals surface area contributed by atoms with Crippen molar-refractivity contribution in [2.24, 2.45) is 0 Å². The number of nitrogens with one attached hydrogen (secondary N) is 1. The molecule has 0 radical (unpaired) electrons. The second-order valence-electron chi connectivity index (χ2n) is 6.98. The standard InChI is InChI=1S/C23H23FN2O5S/c1-3-30-22(29)20-14(2)26(17-8-6-16(24)7-9-17)23(32)25-21(20)15-4-10-18(11-5-15)31-13-12-19(27)28/h4-11,21H,3,12-13H2,1-2H3,(H,25,32)(H,27,28). The molecule has 0 saturated heterocycles. The Labute approximate surface area is 190 Å². The molecule has 0 saturated carbocycles. The molecule has 168 valence electrons. The molecule has 0 amide bonds. The van der Waals surface area contributed by atoms with Gasteiger partial charge in [-0.05, 0) is 68.0 Å². The Hall–Kier alpha value is -3.46. The number of ether oxygens (including phenoxy) is 2. The van der Waals surface area contributed by atoms with Crippen LogP contribution in [0.3, 0.4) is 0 Å². The van der Waals surface area contributed by atoms with Gasteiger partial charge in [0.25, 0.3) is 0 Å². The van der Waals surface area contributed by atoms with Crippen LogP contribution >= 0.6 is 12.2 Å². The van der Waals surface area contributed by atoms with Gasteiger partial charge in [-0.25, -0.2) is 9.18 Å². The molecule has 7 nitrogen and oxygen atoms in total. The highest BCUT2D eigenvalue weighted by Crippen LogP contribution is 2.34. The van der Waals surface area contributed by atoms with Crippen LogP contribution in [0.5, 0.6) is 5.75 Å². The lowest BCUT2D eigenvalue weighted by Gasteiger charge is -2.37. The lowest BCUT2D eigenvalue weighted by molar-refractivity contribution is -0.139. The van der Waals surface area contributed by atoms with Gasteiger partial charge in [-0.15, -0.1) is 0 Å². The Morgan fingerprint density at radius 3 is 2.41 bits per heavy atom. The fraction of sp³-hybridized carbons (Fsp3) is 0.261. The maximum atomic E-state index is 13.4. The lowest BCUT2D eigenvalue weighted by atomic mass is 9.94. The number of carboxylic acids is 1. The third kappa shape index (κ3) is 5.23. The van der Waals surface area contributed by atoms with Gasteiger partial charge in [0.15, 0.2) is 5.11 Å². The summed E-state index contributed by atoms with van der Waals surface area (Å²) in [5.74, 6) is -1.29. The first-order valence-electron chi connectivity index (χ1n) is 10.0. The molecule has 2 aromatic carbocycles. The quantitative estimate of drug-likeness (QED) is 0.454. The fourth-order valence-electron chi connectivity index (χ4n) is 3.38. The molecule has 3 rings (SSSR count). The van der Waals surface area contributed by atoms with E-state index in [1.54, 1.807) is 55.1 Å². The van der Waals surface area contributed by atoms with Crippen molar-refractivity contribution in [1.29, 1.82) is 0 Å². The Morgan fingerprint density at radius 1 is 1.16 bits per heavy atom. The first-order chi connectivity index (χ1) is 15.3. The average Bonchev–Trinajstić information content (AvgIpc) is 2.75. The number of carbonyl (C=O) groups is 2. The van der Waals surface area contributed by atoms with E-state index in [2.05, 4.69) is 5.32 Å². The van der Waals surface area contributed by atoms with E-state index in [4.69, 9.17) is 26.8 Å². The molecule has 9 heteroatoms. The molecular weight excluding hydrogens is 435 g/mol. The normalized spacial score (nSPS) is 15.9. The summed E-state index contributed by atoms with van der Waals surface area (Å²) < 4.78 is 24.1. The van der Waals surface area contributed by atoms with Gasteiger partial charge in [-0.2, -0.15) is 0 Å². The highest BCUT2D eigenvalue weighted by atomic mass is 32.1. The van der Waals surface area contributed by atoms with Crippen molar-refractivity contribution < 1.29 is 28.6 Å². The number of carboxylic acid groups (broad SMARTS) is 1. The number of halogens is 1. The zero-order valence-corrected chi connectivity index (χ0v) is 18.4. The third-order valence-corrected chi connectivity index (χ3v) is 5.16. The van der Waals surface area contributed by atoms with Crippen molar-refractivity contribution in [3.8, 4) is 5.75 Å². The number of hydrogen-bond donors (Lipinski definition) is 2. The van der Waals surface area contributed by atoms with E-state index in [1.165, 1.54) is 12.1 Å². The van der Waals surface area contributed by atoms with Crippen LogP contribution in [0, 0.1) is 5.82 Å². The fourth-order valence-corrected chi connectivity index (χ4v) is 3.74. The molecule has 0 fully saturated rings. The number of rotatable bonds is 8. The smallest absolute Gasteiger partial charge is 0.338 e. The van der Waals surface area contributed by atoms with Gasteiger partial charge in [-0.1, -0.05) is 12.1 Å². The van der Waals surface area contributed by atoms with Crippen LogP contribution in [0.1, 0.15) is 31.9 Å². The van der Waals surface area contributed by atoms with E-state index in [0.717, 1.165) is 5.56 Å². The summed E-state index contributed by atoms with van der Waals surface area (Å²) in [6, 6.07) is 12.2. The molecule has 1 unspecified atom stereocenters. The van der Waals surface area contributed by atoms with Crippen LogP contribution in [0.2, 0.25) is 0 Å². The first kappa shape index (κ1) is 23.2. The van der Waals surface area contributed by atoms with Crippen molar-refractivity contribution in [1.82, 2.24) is 5.32 Å². The van der Waals surface area contributed by atoms with E-state index < -0.39 is 18.0 Å². The largest absolute Gasteiger partial charge is 0.493 e. The van der Waals surface area contributed by atoms with E-state index in [0.29, 0.717) is 27.8 Å². The number of nitrogens with zero attached hydrogens (tertiary/aromatic N) is 1. The van der Waals surface area contributed by atoms with Crippen molar-refractivity contribution in [3.63, 3.8) is 0 Å². The second kappa shape index (κ2) is 10.2. The summed E-state index contributed by atoms with van der Waals surface area (Å²) in [5.41, 5.74) is 2.32. The van der Waals surface area contributed by atoms with Crippen molar-refractivity contribution in [2.45, 2.75) is 26.3 Å². The van der Waals surface area contributed by atoms with E-state index in [-0.39, 0.29) is 25.5 Å². The lowest BCUT2D eigenvalue weighted by Crippen LogP contribution is -2.48. The van der Waals surface area contributed by atoms with Gasteiger partial charge in [0.2, 0.25) is 0 Å². The number of benzene rings is 2. The van der Waals surface area contributed by atoms with Crippen molar-refractivity contribution in [3.05, 3.63) is 71.2 Å². The highest BCUT2D eigenvalue weighted by molar-refractivity contribution is 7.80. The van der Waals surface area contributed by atoms with Gasteiger partial charge in [0.05, 0.1) is 31.2 Å². The number of allylic oxidation sites excluding steroid dienone is 1. The van der Waals surface area contributed by atoms with E-state index >= 15 is 0 Å². The number of esters is 1. The van der Waals surface area contributed by atoms with E-state index in [9.17, 15) is 14.0 Å². The molecule has 32 heavy (non-hydrogen) atoms. The van der Waals surface area contributed by atoms with Gasteiger partial charge in [0.1, 0.15) is 11.6 Å². The molecule has 0 aromatic heterocycles. The second-order valence-corrected chi connectivity index (χ2v) is 7.36. The molecule has 0 spiro atoms. The SMILES string of the molecule is CCOC(=O)C1=C(C)N(c2ccc(F)cc2)C(=S)NC1c1ccc(OCCC(=O)O)cc1. The number of anilines is 1. The third-order valence-electron chi connectivity index (χ3n) is 4.86. The predicted octanol–water partition coefficient (Wildman–Crippen LogP) is 3.95. The molecule has 1 aliphatic rings. The molecule has 1 heterocycles. The minimum absolute atomic E-state index is 0.0557. The van der Waals surface area contributed by atoms with Crippen LogP contribution in [0.4, 0.5) is 10.1 Å². The van der Waals surface area contributed by atoms with Crippen molar-refractivity contribution in [2.75, 3.05) is 18.1 Å². The number of carbonyl (C=O) groups excluding carboxylic acids is 1. The maximum Gasteiger partial charge on any atom is 0.338 e. The van der Waals surface area contributed by atoms with Gasteiger partial charge in [0, 0.05) is 11.4 Å². The summed E-state index contributed by atoms with van der Waals surface area (Å²) in [6.45, 7) is 3.75. The highest BCUT2D eigenvalue weighted by Gasteiger charge is 2.35. The monoisotopic (exact) mass is 458 g/mol.